The van der Waals surface area contributed by atoms with Gasteiger partial charge in [-0.15, -0.1) is 0 Å². The lowest BCUT2D eigenvalue weighted by molar-refractivity contribution is 0.0931. The van der Waals surface area contributed by atoms with Crippen LogP contribution in [0.1, 0.15) is 55.4 Å². The predicted molar refractivity (Wildman–Crippen MR) is 78.6 cm³/mol. The van der Waals surface area contributed by atoms with E-state index in [1.54, 1.807) is 6.07 Å². The number of carbonyl (C=O) groups is 1. The smallest absolute Gasteiger partial charge is 0.253 e. The first-order valence-corrected chi connectivity index (χ1v) is 7.12. The Labute approximate surface area is 120 Å². The molecule has 1 heterocycles. The molecule has 0 bridgehead atoms. The average Bonchev–Trinajstić information content (AvgIpc) is 2.42. The summed E-state index contributed by atoms with van der Waals surface area (Å²) in [5, 5.41) is 19.9. The first-order valence-electron chi connectivity index (χ1n) is 7.12. The van der Waals surface area contributed by atoms with Crippen LogP contribution in [0.3, 0.4) is 0 Å². The van der Waals surface area contributed by atoms with E-state index < -0.39 is 0 Å². The maximum absolute atomic E-state index is 12.3. The molecule has 0 unspecified atom stereocenters. The summed E-state index contributed by atoms with van der Waals surface area (Å²) in [6, 6.07) is 1.78. The highest BCUT2D eigenvalue weighted by Gasteiger charge is 2.20. The van der Waals surface area contributed by atoms with Gasteiger partial charge < -0.3 is 10.4 Å². The van der Waals surface area contributed by atoms with Crippen molar-refractivity contribution in [2.75, 3.05) is 13.2 Å². The number of aliphatic hydroxyl groups excluding tert-OH is 1. The summed E-state index contributed by atoms with van der Waals surface area (Å²) in [4.78, 5) is 12.3. The maximum Gasteiger partial charge on any atom is 0.253 e. The zero-order valence-corrected chi connectivity index (χ0v) is 12.9. The molecule has 5 nitrogen and oxygen atoms in total. The number of nitrogens with one attached hydrogen (secondary N) is 1. The highest BCUT2D eigenvalue weighted by Crippen LogP contribution is 2.21. The maximum atomic E-state index is 12.3. The Bertz CT molecular complexity index is 458. The number of aryl methyl sites for hydroxylation is 2. The third-order valence-electron chi connectivity index (χ3n) is 3.31. The summed E-state index contributed by atoms with van der Waals surface area (Å²) in [7, 11) is 0. The van der Waals surface area contributed by atoms with Crippen LogP contribution >= 0.6 is 0 Å². The van der Waals surface area contributed by atoms with Gasteiger partial charge in [-0.1, -0.05) is 20.8 Å². The van der Waals surface area contributed by atoms with E-state index in [-0.39, 0.29) is 17.9 Å². The van der Waals surface area contributed by atoms with Crippen molar-refractivity contribution in [2.24, 2.45) is 5.41 Å². The van der Waals surface area contributed by atoms with Crippen LogP contribution in [0, 0.1) is 12.3 Å². The molecule has 5 heteroatoms. The van der Waals surface area contributed by atoms with Crippen LogP contribution in [0.5, 0.6) is 0 Å². The minimum absolute atomic E-state index is 0.0275. The monoisotopic (exact) mass is 279 g/mol. The molecule has 0 saturated heterocycles. The van der Waals surface area contributed by atoms with E-state index in [4.69, 9.17) is 5.11 Å². The van der Waals surface area contributed by atoms with Crippen LogP contribution < -0.4 is 5.32 Å². The van der Waals surface area contributed by atoms with Crippen molar-refractivity contribution in [1.29, 1.82) is 0 Å². The molecule has 1 amide bonds. The molecule has 0 aliphatic heterocycles. The molecule has 1 aromatic heterocycles. The van der Waals surface area contributed by atoms with Crippen LogP contribution in [-0.2, 0) is 6.42 Å². The second kappa shape index (κ2) is 7.33. The van der Waals surface area contributed by atoms with Gasteiger partial charge in [-0.2, -0.15) is 10.2 Å². The Balaban J connectivity index is 2.69. The van der Waals surface area contributed by atoms with E-state index in [0.717, 1.165) is 24.2 Å². The van der Waals surface area contributed by atoms with Gasteiger partial charge in [0.25, 0.3) is 5.91 Å². The third-order valence-corrected chi connectivity index (χ3v) is 3.31. The number of carbonyl (C=O) groups excluding carboxylic acids is 1. The molecule has 112 valence electrons. The van der Waals surface area contributed by atoms with E-state index in [1.807, 2.05) is 13.8 Å². The standard InChI is InChI=1S/C15H25N3O2/c1-5-13-12(9-11(2)17-18-13)14(20)16-10-15(3,4)7-6-8-19/h9,19H,5-8,10H2,1-4H3,(H,16,20). The van der Waals surface area contributed by atoms with Crippen molar-refractivity contribution in [3.8, 4) is 0 Å². The molecule has 20 heavy (non-hydrogen) atoms. The predicted octanol–water partition coefficient (Wildman–Crippen LogP) is 1.88. The second-order valence-electron chi connectivity index (χ2n) is 5.87. The largest absolute Gasteiger partial charge is 0.396 e. The summed E-state index contributed by atoms with van der Waals surface area (Å²) in [6.07, 6.45) is 2.31. The fraction of sp³-hybridized carbons (Fsp3) is 0.667. The van der Waals surface area contributed by atoms with Crippen LogP contribution in [0.25, 0.3) is 0 Å². The van der Waals surface area contributed by atoms with E-state index in [2.05, 4.69) is 29.4 Å². The Morgan fingerprint density at radius 3 is 2.70 bits per heavy atom. The van der Waals surface area contributed by atoms with Gasteiger partial charge in [-0.3, -0.25) is 4.79 Å². The van der Waals surface area contributed by atoms with Crippen LogP contribution in [0.15, 0.2) is 6.07 Å². The first-order chi connectivity index (χ1) is 9.39. The Morgan fingerprint density at radius 1 is 1.40 bits per heavy atom. The van der Waals surface area contributed by atoms with Gasteiger partial charge in [0.2, 0.25) is 0 Å². The van der Waals surface area contributed by atoms with E-state index in [1.165, 1.54) is 0 Å². The molecule has 0 aliphatic carbocycles. The number of hydrogen-bond acceptors (Lipinski definition) is 4. The van der Waals surface area contributed by atoms with Gasteiger partial charge in [0.05, 0.1) is 17.0 Å². The summed E-state index contributed by atoms with van der Waals surface area (Å²) in [5.74, 6) is -0.100. The molecule has 0 fully saturated rings. The first kappa shape index (κ1) is 16.6. The van der Waals surface area contributed by atoms with Crippen LogP contribution in [-0.4, -0.2) is 34.4 Å². The Morgan fingerprint density at radius 2 is 2.10 bits per heavy atom. The molecule has 0 aromatic carbocycles. The lowest BCUT2D eigenvalue weighted by Gasteiger charge is -2.24. The molecule has 0 radical (unpaired) electrons. The zero-order valence-electron chi connectivity index (χ0n) is 12.9. The molecule has 2 N–H and O–H groups in total. The van der Waals surface area contributed by atoms with E-state index in [0.29, 0.717) is 18.5 Å². The van der Waals surface area contributed by atoms with Crippen LogP contribution in [0.2, 0.25) is 0 Å². The number of hydrogen-bond donors (Lipinski definition) is 2. The molecule has 0 atom stereocenters. The SMILES string of the molecule is CCc1nnc(C)cc1C(=O)NCC(C)(C)CCCO. The fourth-order valence-corrected chi connectivity index (χ4v) is 2.03. The second-order valence-corrected chi connectivity index (χ2v) is 5.87. The number of amides is 1. The molecule has 1 aromatic rings. The molecule has 0 saturated carbocycles. The van der Waals surface area contributed by atoms with Crippen molar-refractivity contribution in [1.82, 2.24) is 15.5 Å². The molecule has 0 aliphatic rings. The summed E-state index contributed by atoms with van der Waals surface area (Å²) in [6.45, 7) is 8.72. The van der Waals surface area contributed by atoms with Gasteiger partial charge in [-0.25, -0.2) is 0 Å². The van der Waals surface area contributed by atoms with E-state index >= 15 is 0 Å². The number of aliphatic hydroxyl groups is 1. The molecule has 0 spiro atoms. The molecule has 1 rings (SSSR count). The number of nitrogens with zero attached hydrogens (tertiary/aromatic N) is 2. The highest BCUT2D eigenvalue weighted by atomic mass is 16.2. The van der Waals surface area contributed by atoms with Crippen molar-refractivity contribution < 1.29 is 9.90 Å². The normalized spacial score (nSPS) is 11.4. The third kappa shape index (κ3) is 4.89. The number of aromatic nitrogens is 2. The Kier molecular flexibility index (Phi) is 6.07. The topological polar surface area (TPSA) is 75.1 Å². The minimum atomic E-state index is -0.100. The van der Waals surface area contributed by atoms with E-state index in [9.17, 15) is 4.79 Å². The quantitative estimate of drug-likeness (QED) is 0.799. The van der Waals surface area contributed by atoms with Gasteiger partial charge in [0.15, 0.2) is 0 Å². The zero-order chi connectivity index (χ0) is 15.2. The van der Waals surface area contributed by atoms with Gasteiger partial charge in [-0.05, 0) is 37.7 Å². The minimum Gasteiger partial charge on any atom is -0.396 e. The van der Waals surface area contributed by atoms with Crippen molar-refractivity contribution >= 4 is 5.91 Å². The van der Waals surface area contributed by atoms with Crippen molar-refractivity contribution in [3.05, 3.63) is 23.0 Å². The average molecular weight is 279 g/mol. The fourth-order valence-electron chi connectivity index (χ4n) is 2.03. The summed E-state index contributed by atoms with van der Waals surface area (Å²) >= 11 is 0. The Hall–Kier alpha value is -1.49. The molecular formula is C15H25N3O2. The van der Waals surface area contributed by atoms with Gasteiger partial charge >= 0.3 is 0 Å². The van der Waals surface area contributed by atoms with Crippen LogP contribution in [0.4, 0.5) is 0 Å². The molecular weight excluding hydrogens is 254 g/mol. The van der Waals surface area contributed by atoms with Crippen molar-refractivity contribution in [3.63, 3.8) is 0 Å². The van der Waals surface area contributed by atoms with Gasteiger partial charge in [0.1, 0.15) is 0 Å². The lowest BCUT2D eigenvalue weighted by Crippen LogP contribution is -2.34. The van der Waals surface area contributed by atoms with Crippen molar-refractivity contribution in [2.45, 2.75) is 47.0 Å². The number of rotatable bonds is 7. The lowest BCUT2D eigenvalue weighted by atomic mass is 9.88. The highest BCUT2D eigenvalue weighted by molar-refractivity contribution is 5.95. The summed E-state index contributed by atoms with van der Waals surface area (Å²) < 4.78 is 0. The summed E-state index contributed by atoms with van der Waals surface area (Å²) in [5.41, 5.74) is 2.05. The van der Waals surface area contributed by atoms with Gasteiger partial charge in [0, 0.05) is 13.2 Å².